The summed E-state index contributed by atoms with van der Waals surface area (Å²) in [4.78, 5) is 6.35. The first-order valence-corrected chi connectivity index (χ1v) is 7.67. The third-order valence-electron chi connectivity index (χ3n) is 4.38. The highest BCUT2D eigenvalue weighted by atomic mass is 16.3. The van der Waals surface area contributed by atoms with Gasteiger partial charge < -0.3 is 15.1 Å². The molecule has 112 valence electrons. The van der Waals surface area contributed by atoms with Crippen molar-refractivity contribution in [3.63, 3.8) is 0 Å². The Bertz CT molecular complexity index is 574. The Morgan fingerprint density at radius 1 is 1.14 bits per heavy atom. The number of aliphatic hydroxyl groups is 2. The van der Waals surface area contributed by atoms with Crippen LogP contribution in [0.2, 0.25) is 0 Å². The van der Waals surface area contributed by atoms with E-state index in [0.29, 0.717) is 0 Å². The maximum Gasteiger partial charge on any atom is 0.234 e. The minimum absolute atomic E-state index is 0.0385. The molecule has 2 aliphatic rings. The second kappa shape index (κ2) is 5.80. The molecule has 1 aliphatic heterocycles. The Kier molecular flexibility index (Phi) is 3.86. The van der Waals surface area contributed by atoms with Crippen molar-refractivity contribution in [1.29, 1.82) is 0 Å². The van der Waals surface area contributed by atoms with Gasteiger partial charge in [-0.1, -0.05) is 49.1 Å². The Morgan fingerprint density at radius 2 is 1.90 bits per heavy atom. The summed E-state index contributed by atoms with van der Waals surface area (Å²) in [5.41, 5.74) is 2.22. The minimum Gasteiger partial charge on any atom is -0.502 e. The number of hydrogen-bond acceptors (Lipinski definition) is 4. The van der Waals surface area contributed by atoms with Crippen LogP contribution in [0.1, 0.15) is 49.4 Å². The summed E-state index contributed by atoms with van der Waals surface area (Å²) in [7, 11) is 0. The molecule has 1 saturated carbocycles. The van der Waals surface area contributed by atoms with Gasteiger partial charge >= 0.3 is 0 Å². The van der Waals surface area contributed by atoms with Crippen molar-refractivity contribution in [3.05, 3.63) is 47.0 Å². The Balaban J connectivity index is 1.95. The van der Waals surface area contributed by atoms with Gasteiger partial charge in [-0.3, -0.25) is 4.99 Å². The summed E-state index contributed by atoms with van der Waals surface area (Å²) >= 11 is 0. The normalized spacial score (nSPS) is 23.7. The summed E-state index contributed by atoms with van der Waals surface area (Å²) < 4.78 is 0. The number of aliphatic imine (C=N–C) groups is 1. The van der Waals surface area contributed by atoms with Crippen LogP contribution in [0.3, 0.4) is 0 Å². The molecule has 3 rings (SSSR count). The van der Waals surface area contributed by atoms with E-state index in [0.717, 1.165) is 18.4 Å². The van der Waals surface area contributed by atoms with Crippen molar-refractivity contribution in [2.24, 2.45) is 4.99 Å². The van der Waals surface area contributed by atoms with E-state index in [1.165, 1.54) is 31.0 Å². The standard InChI is InChI=1S/C17H22N2O2/c1-12-6-5-7-13(10-12)16-18-11-15(20)17(21)19(16)14-8-3-2-4-9-14/h5-7,10-11,14,16,20-21H,2-4,8-9H2,1H3. The predicted molar refractivity (Wildman–Crippen MR) is 83.4 cm³/mol. The fraction of sp³-hybridized carbons (Fsp3) is 0.471. The number of nitrogens with zero attached hydrogens (tertiary/aromatic N) is 2. The fourth-order valence-electron chi connectivity index (χ4n) is 3.33. The van der Waals surface area contributed by atoms with E-state index >= 15 is 0 Å². The fourth-order valence-corrected chi connectivity index (χ4v) is 3.33. The molecule has 1 aromatic rings. The van der Waals surface area contributed by atoms with E-state index in [9.17, 15) is 10.2 Å². The number of aryl methyl sites for hydroxylation is 1. The van der Waals surface area contributed by atoms with Crippen molar-refractivity contribution in [3.8, 4) is 0 Å². The van der Waals surface area contributed by atoms with Crippen LogP contribution >= 0.6 is 0 Å². The molecule has 1 heterocycles. The molecule has 0 saturated heterocycles. The average molecular weight is 286 g/mol. The van der Waals surface area contributed by atoms with Crippen molar-refractivity contribution in [2.45, 2.75) is 51.2 Å². The topological polar surface area (TPSA) is 56.1 Å². The highest BCUT2D eigenvalue weighted by Crippen LogP contribution is 2.36. The number of aliphatic hydroxyl groups excluding tert-OH is 2. The van der Waals surface area contributed by atoms with Gasteiger partial charge in [-0.05, 0) is 25.3 Å². The van der Waals surface area contributed by atoms with Gasteiger partial charge in [0.2, 0.25) is 5.88 Å². The molecule has 2 N–H and O–H groups in total. The molecule has 0 aromatic heterocycles. The van der Waals surface area contributed by atoms with Crippen LogP contribution < -0.4 is 0 Å². The lowest BCUT2D eigenvalue weighted by Gasteiger charge is -2.40. The second-order valence-corrected chi connectivity index (χ2v) is 5.97. The molecular formula is C17H22N2O2. The van der Waals surface area contributed by atoms with E-state index in [4.69, 9.17) is 0 Å². The summed E-state index contributed by atoms with van der Waals surface area (Å²) in [5.74, 6) is -0.173. The number of allylic oxidation sites excluding steroid dienone is 1. The average Bonchev–Trinajstić information content (AvgIpc) is 2.50. The number of hydrogen-bond donors (Lipinski definition) is 2. The van der Waals surface area contributed by atoms with Gasteiger partial charge in [-0.2, -0.15) is 0 Å². The van der Waals surface area contributed by atoms with E-state index in [-0.39, 0.29) is 23.8 Å². The van der Waals surface area contributed by atoms with Crippen molar-refractivity contribution in [1.82, 2.24) is 4.90 Å². The number of benzene rings is 1. The lowest BCUT2D eigenvalue weighted by atomic mass is 9.93. The van der Waals surface area contributed by atoms with Gasteiger partial charge in [0.15, 0.2) is 5.76 Å². The van der Waals surface area contributed by atoms with E-state index < -0.39 is 0 Å². The van der Waals surface area contributed by atoms with Crippen LogP contribution in [0.15, 0.2) is 40.9 Å². The van der Waals surface area contributed by atoms with E-state index in [1.54, 1.807) is 0 Å². The van der Waals surface area contributed by atoms with Crippen molar-refractivity contribution in [2.75, 3.05) is 0 Å². The highest BCUT2D eigenvalue weighted by Gasteiger charge is 2.33. The third kappa shape index (κ3) is 2.75. The molecule has 4 heteroatoms. The Morgan fingerprint density at radius 3 is 2.62 bits per heavy atom. The smallest absolute Gasteiger partial charge is 0.234 e. The third-order valence-corrected chi connectivity index (χ3v) is 4.38. The maximum atomic E-state index is 10.4. The lowest BCUT2D eigenvalue weighted by Crippen LogP contribution is -2.40. The molecular weight excluding hydrogens is 264 g/mol. The predicted octanol–water partition coefficient (Wildman–Crippen LogP) is 4.00. The summed E-state index contributed by atoms with van der Waals surface area (Å²) in [6.07, 6.45) is 6.77. The first-order valence-electron chi connectivity index (χ1n) is 7.67. The molecule has 0 radical (unpaired) electrons. The summed E-state index contributed by atoms with van der Waals surface area (Å²) in [5, 5.41) is 20.2. The van der Waals surface area contributed by atoms with Crippen LogP contribution in [0.25, 0.3) is 0 Å². The molecule has 21 heavy (non-hydrogen) atoms. The molecule has 1 aromatic carbocycles. The lowest BCUT2D eigenvalue weighted by molar-refractivity contribution is 0.0699. The highest BCUT2D eigenvalue weighted by molar-refractivity contribution is 5.77. The van der Waals surface area contributed by atoms with Crippen LogP contribution in [0.5, 0.6) is 0 Å². The molecule has 1 aliphatic carbocycles. The van der Waals surface area contributed by atoms with Crippen LogP contribution in [-0.4, -0.2) is 27.4 Å². The Hall–Kier alpha value is -1.97. The van der Waals surface area contributed by atoms with Gasteiger partial charge in [0.1, 0.15) is 6.17 Å². The largest absolute Gasteiger partial charge is 0.502 e. The van der Waals surface area contributed by atoms with Crippen LogP contribution in [0.4, 0.5) is 0 Å². The first-order chi connectivity index (χ1) is 10.2. The minimum atomic E-state index is -0.246. The van der Waals surface area contributed by atoms with E-state index in [2.05, 4.69) is 11.1 Å². The molecule has 0 amide bonds. The van der Waals surface area contributed by atoms with Gasteiger partial charge in [0.25, 0.3) is 0 Å². The van der Waals surface area contributed by atoms with Crippen molar-refractivity contribution >= 4 is 6.21 Å². The first kappa shape index (κ1) is 14.0. The molecule has 1 fully saturated rings. The maximum absolute atomic E-state index is 10.4. The van der Waals surface area contributed by atoms with Crippen molar-refractivity contribution < 1.29 is 10.2 Å². The molecule has 1 unspecified atom stereocenters. The van der Waals surface area contributed by atoms with Crippen LogP contribution in [-0.2, 0) is 0 Å². The molecule has 1 atom stereocenters. The van der Waals surface area contributed by atoms with Gasteiger partial charge in [-0.15, -0.1) is 0 Å². The zero-order valence-electron chi connectivity index (χ0n) is 12.4. The second-order valence-electron chi connectivity index (χ2n) is 5.97. The van der Waals surface area contributed by atoms with Gasteiger partial charge in [0, 0.05) is 6.04 Å². The quantitative estimate of drug-likeness (QED) is 0.864. The summed E-state index contributed by atoms with van der Waals surface area (Å²) in [6.45, 7) is 2.05. The molecule has 4 nitrogen and oxygen atoms in total. The Labute approximate surface area is 125 Å². The zero-order chi connectivity index (χ0) is 14.8. The monoisotopic (exact) mass is 286 g/mol. The van der Waals surface area contributed by atoms with Gasteiger partial charge in [0.05, 0.1) is 6.21 Å². The zero-order valence-corrected chi connectivity index (χ0v) is 12.4. The molecule has 0 spiro atoms. The SMILES string of the molecule is Cc1cccc(C2N=CC(O)=C(O)N2C2CCCCC2)c1. The number of rotatable bonds is 2. The summed E-state index contributed by atoms with van der Waals surface area (Å²) in [6, 6.07) is 8.42. The van der Waals surface area contributed by atoms with Gasteiger partial charge in [-0.25, -0.2) is 0 Å². The van der Waals surface area contributed by atoms with Crippen LogP contribution in [0, 0.1) is 6.92 Å². The van der Waals surface area contributed by atoms with E-state index in [1.807, 2.05) is 30.0 Å². The molecule has 0 bridgehead atoms.